The minimum absolute atomic E-state index is 0.0486. The largest absolute Gasteiger partial charge is 0.497 e. The Hall–Kier alpha value is -4.50. The molecule has 1 aromatic heterocycles. The van der Waals surface area contributed by atoms with Crippen molar-refractivity contribution < 1.29 is 14.3 Å². The van der Waals surface area contributed by atoms with Crippen LogP contribution in [0.2, 0.25) is 5.02 Å². The van der Waals surface area contributed by atoms with E-state index in [1.54, 1.807) is 43.5 Å². The zero-order valence-corrected chi connectivity index (χ0v) is 22.3. The summed E-state index contributed by atoms with van der Waals surface area (Å²) < 4.78 is 7.43. The van der Waals surface area contributed by atoms with Gasteiger partial charge in [-0.3, -0.25) is 19.1 Å². The first-order valence-electron chi connectivity index (χ1n) is 12.5. The third-order valence-corrected chi connectivity index (χ3v) is 6.65. The summed E-state index contributed by atoms with van der Waals surface area (Å²) in [5, 5.41) is 15.0. The number of nitrogens with zero attached hydrogens (tertiary/aromatic N) is 4. The molecular formula is C29H27ClN6O3. The van der Waals surface area contributed by atoms with Gasteiger partial charge >= 0.3 is 0 Å². The Balaban J connectivity index is 1.40. The van der Waals surface area contributed by atoms with Crippen LogP contribution in [0, 0.1) is 6.92 Å². The van der Waals surface area contributed by atoms with Crippen molar-refractivity contribution in [2.45, 2.75) is 19.4 Å². The van der Waals surface area contributed by atoms with Crippen molar-refractivity contribution in [2.75, 3.05) is 20.2 Å². The van der Waals surface area contributed by atoms with Crippen LogP contribution in [0.25, 0.3) is 5.69 Å². The highest BCUT2D eigenvalue weighted by Crippen LogP contribution is 2.34. The topological polar surface area (TPSA) is 110 Å². The van der Waals surface area contributed by atoms with E-state index in [1.165, 1.54) is 0 Å². The summed E-state index contributed by atoms with van der Waals surface area (Å²) in [5.41, 5.74) is 3.77. The van der Waals surface area contributed by atoms with E-state index in [4.69, 9.17) is 21.3 Å². The van der Waals surface area contributed by atoms with Gasteiger partial charge in [0.05, 0.1) is 24.9 Å². The van der Waals surface area contributed by atoms with E-state index in [1.807, 2.05) is 47.9 Å². The van der Waals surface area contributed by atoms with Crippen molar-refractivity contribution in [3.05, 3.63) is 106 Å². The first-order chi connectivity index (χ1) is 18.9. The van der Waals surface area contributed by atoms with Crippen LogP contribution in [0.4, 0.5) is 0 Å². The van der Waals surface area contributed by atoms with Crippen LogP contribution in [-0.2, 0) is 4.79 Å². The van der Waals surface area contributed by atoms with Crippen molar-refractivity contribution in [1.82, 2.24) is 25.4 Å². The zero-order chi connectivity index (χ0) is 27.4. The van der Waals surface area contributed by atoms with Crippen molar-refractivity contribution in [3.63, 3.8) is 0 Å². The van der Waals surface area contributed by atoms with Crippen molar-refractivity contribution in [3.8, 4) is 11.4 Å². The molecule has 2 amide bonds. The van der Waals surface area contributed by atoms with Crippen molar-refractivity contribution >= 4 is 29.1 Å². The summed E-state index contributed by atoms with van der Waals surface area (Å²) in [5.74, 6) is 1.51. The molecule has 4 aromatic rings. The minimum atomic E-state index is -0.603. The highest BCUT2D eigenvalue weighted by atomic mass is 35.5. The zero-order valence-electron chi connectivity index (χ0n) is 21.5. The highest BCUT2D eigenvalue weighted by molar-refractivity contribution is 6.30. The number of rotatable bonds is 8. The molecule has 1 atom stereocenters. The molecule has 10 heteroatoms. The number of hydrogen-bond acceptors (Lipinski definition) is 6. The summed E-state index contributed by atoms with van der Waals surface area (Å²) in [4.78, 5) is 30.3. The van der Waals surface area contributed by atoms with Gasteiger partial charge in [-0.2, -0.15) is 0 Å². The average molecular weight is 543 g/mol. The number of benzene rings is 3. The fourth-order valence-corrected chi connectivity index (χ4v) is 4.62. The lowest BCUT2D eigenvalue weighted by Gasteiger charge is -2.14. The summed E-state index contributed by atoms with van der Waals surface area (Å²) in [6.07, 6.45) is 0.0486. The number of methoxy groups -OCH3 is 1. The summed E-state index contributed by atoms with van der Waals surface area (Å²) in [6, 6.07) is 21.5. The molecule has 0 bridgehead atoms. The third kappa shape index (κ3) is 5.68. The lowest BCUT2D eigenvalue weighted by molar-refractivity contribution is -0.121. The maximum absolute atomic E-state index is 13.0. The predicted octanol–water partition coefficient (Wildman–Crippen LogP) is 4.07. The van der Waals surface area contributed by atoms with Gasteiger partial charge in [0.1, 0.15) is 17.6 Å². The second kappa shape index (κ2) is 11.5. The molecule has 0 fully saturated rings. The van der Waals surface area contributed by atoms with E-state index in [0.717, 1.165) is 16.8 Å². The lowest BCUT2D eigenvalue weighted by atomic mass is 10.00. The third-order valence-electron chi connectivity index (χ3n) is 6.40. The highest BCUT2D eigenvalue weighted by Gasteiger charge is 2.30. The van der Waals surface area contributed by atoms with Crippen LogP contribution < -0.4 is 15.4 Å². The average Bonchev–Trinajstić information content (AvgIpc) is 3.28. The summed E-state index contributed by atoms with van der Waals surface area (Å²) in [6.45, 7) is 2.44. The fraction of sp³-hybridized carbons (Fsp3) is 0.207. The second-order valence-electron chi connectivity index (χ2n) is 9.00. The summed E-state index contributed by atoms with van der Waals surface area (Å²) in [7, 11) is 1.61. The predicted molar refractivity (Wildman–Crippen MR) is 149 cm³/mol. The molecule has 0 saturated carbocycles. The first kappa shape index (κ1) is 26.1. The molecule has 0 saturated heterocycles. The molecule has 2 N–H and O–H groups in total. The first-order valence-corrected chi connectivity index (χ1v) is 12.9. The Morgan fingerprint density at radius 1 is 0.974 bits per heavy atom. The van der Waals surface area contributed by atoms with Gasteiger partial charge in [-0.25, -0.2) is 0 Å². The molecule has 0 spiro atoms. The van der Waals surface area contributed by atoms with Gasteiger partial charge in [0, 0.05) is 34.8 Å². The van der Waals surface area contributed by atoms with Gasteiger partial charge in [-0.05, 0) is 49.4 Å². The van der Waals surface area contributed by atoms with Crippen LogP contribution in [0.3, 0.4) is 0 Å². The van der Waals surface area contributed by atoms with E-state index in [9.17, 15) is 9.59 Å². The molecule has 0 radical (unpaired) electrons. The number of fused-ring (bicyclic) bond motifs is 3. The number of amides is 2. The van der Waals surface area contributed by atoms with E-state index < -0.39 is 6.04 Å². The Morgan fingerprint density at radius 2 is 1.72 bits per heavy atom. The van der Waals surface area contributed by atoms with E-state index in [0.29, 0.717) is 40.2 Å². The number of carbonyl (C=O) groups excluding carboxylic acids is 2. The quantitative estimate of drug-likeness (QED) is 0.326. The van der Waals surface area contributed by atoms with Crippen LogP contribution in [0.5, 0.6) is 5.75 Å². The number of aryl methyl sites for hydroxylation is 1. The van der Waals surface area contributed by atoms with E-state index in [-0.39, 0.29) is 24.8 Å². The SMILES string of the molecule is COc1ccc2c(c1)C(c1ccc(Cl)cc1)=N[C@@H](CC(=O)NCCNC(=O)c1ccccc1)c1nnc(C)n1-2. The molecule has 39 heavy (non-hydrogen) atoms. The van der Waals surface area contributed by atoms with Gasteiger partial charge in [-0.1, -0.05) is 41.9 Å². The Morgan fingerprint density at radius 3 is 2.46 bits per heavy atom. The standard InChI is InChI=1S/C29H27ClN6O3/c1-18-34-35-28-24(17-26(37)31-14-15-32-29(38)20-6-4-3-5-7-20)33-27(19-8-10-21(30)11-9-19)23-16-22(39-2)12-13-25(23)36(18)28/h3-13,16,24H,14-15,17H2,1-2H3,(H,31,37)(H,32,38)/t24-/m0/s1. The number of carbonyl (C=O) groups is 2. The second-order valence-corrected chi connectivity index (χ2v) is 9.44. The van der Waals surface area contributed by atoms with Crippen molar-refractivity contribution in [2.24, 2.45) is 4.99 Å². The maximum atomic E-state index is 13.0. The van der Waals surface area contributed by atoms with Crippen LogP contribution in [0.15, 0.2) is 77.8 Å². The molecular weight excluding hydrogens is 516 g/mol. The number of nitrogens with one attached hydrogen (secondary N) is 2. The Kier molecular flexibility index (Phi) is 7.69. The number of ether oxygens (including phenoxy) is 1. The van der Waals surface area contributed by atoms with Gasteiger partial charge in [0.25, 0.3) is 5.91 Å². The van der Waals surface area contributed by atoms with Gasteiger partial charge < -0.3 is 15.4 Å². The van der Waals surface area contributed by atoms with Gasteiger partial charge in [-0.15, -0.1) is 10.2 Å². The number of aromatic nitrogens is 3. The maximum Gasteiger partial charge on any atom is 0.251 e. The number of halogens is 1. The smallest absolute Gasteiger partial charge is 0.251 e. The lowest BCUT2D eigenvalue weighted by Crippen LogP contribution is -2.35. The number of aliphatic imine (C=N–C) groups is 1. The monoisotopic (exact) mass is 542 g/mol. The Bertz CT molecular complexity index is 1530. The normalized spacial score (nSPS) is 13.9. The molecule has 3 aromatic carbocycles. The molecule has 0 unspecified atom stereocenters. The van der Waals surface area contributed by atoms with E-state index >= 15 is 0 Å². The molecule has 198 valence electrons. The van der Waals surface area contributed by atoms with Gasteiger partial charge in [0.15, 0.2) is 5.82 Å². The number of hydrogen-bond donors (Lipinski definition) is 2. The minimum Gasteiger partial charge on any atom is -0.497 e. The molecule has 0 aliphatic carbocycles. The van der Waals surface area contributed by atoms with Crippen molar-refractivity contribution in [1.29, 1.82) is 0 Å². The van der Waals surface area contributed by atoms with Crippen LogP contribution in [0.1, 0.15) is 45.6 Å². The van der Waals surface area contributed by atoms with E-state index in [2.05, 4.69) is 20.8 Å². The Labute approximate surface area is 230 Å². The molecule has 1 aliphatic heterocycles. The fourth-order valence-electron chi connectivity index (χ4n) is 4.49. The summed E-state index contributed by atoms with van der Waals surface area (Å²) >= 11 is 6.16. The van der Waals surface area contributed by atoms with Crippen LogP contribution >= 0.6 is 11.6 Å². The van der Waals surface area contributed by atoms with Gasteiger partial charge in [0.2, 0.25) is 5.91 Å². The molecule has 1 aliphatic rings. The molecule has 9 nitrogen and oxygen atoms in total. The molecule has 5 rings (SSSR count). The van der Waals surface area contributed by atoms with Crippen LogP contribution in [-0.4, -0.2) is 52.5 Å². The molecule has 2 heterocycles.